The molecule has 2 rings (SSSR count). The van der Waals surface area contributed by atoms with Gasteiger partial charge in [-0.25, -0.2) is 0 Å². The third kappa shape index (κ3) is 2.76. The molecule has 20 heavy (non-hydrogen) atoms. The lowest BCUT2D eigenvalue weighted by atomic mass is 10.1. The van der Waals surface area contributed by atoms with E-state index in [1.54, 1.807) is 0 Å². The Balaban J connectivity index is 2.53. The minimum absolute atomic E-state index is 0.00574. The summed E-state index contributed by atoms with van der Waals surface area (Å²) in [6, 6.07) is 4.06. The van der Waals surface area contributed by atoms with Crippen LogP contribution in [0.2, 0.25) is 0 Å². The highest BCUT2D eigenvalue weighted by molar-refractivity contribution is 5.93. The van der Waals surface area contributed by atoms with Crippen molar-refractivity contribution >= 4 is 23.2 Å². The Hall–Kier alpha value is -2.44. The topological polar surface area (TPSA) is 65.7 Å². The van der Waals surface area contributed by atoms with Crippen molar-refractivity contribution in [2.24, 2.45) is 0 Å². The number of hydrogen-bond acceptors (Lipinski definition) is 5. The second-order valence-electron chi connectivity index (χ2n) is 3.86. The van der Waals surface area contributed by atoms with Crippen LogP contribution in [-0.4, -0.2) is 26.0 Å². The van der Waals surface area contributed by atoms with Gasteiger partial charge >= 0.3 is 12.6 Å². The fourth-order valence-electron chi connectivity index (χ4n) is 1.80. The van der Waals surface area contributed by atoms with Gasteiger partial charge in [0, 0.05) is 5.39 Å². The van der Waals surface area contributed by atoms with E-state index >= 15 is 0 Å². The van der Waals surface area contributed by atoms with Crippen LogP contribution >= 0.6 is 0 Å². The first kappa shape index (κ1) is 14.0. The van der Waals surface area contributed by atoms with Gasteiger partial charge in [-0.15, -0.1) is 0 Å². The molecule has 0 spiro atoms. The van der Waals surface area contributed by atoms with Gasteiger partial charge in [0.1, 0.15) is 0 Å². The van der Waals surface area contributed by atoms with E-state index in [1.807, 2.05) is 0 Å². The molecule has 0 unspecified atom stereocenters. The molecule has 0 radical (unpaired) electrons. The third-order valence-corrected chi connectivity index (χ3v) is 2.65. The smallest absolute Gasteiger partial charge is 0.387 e. The molecular weight excluding hydrogens is 274 g/mol. The van der Waals surface area contributed by atoms with Gasteiger partial charge in [0.2, 0.25) is 0 Å². The maximum absolute atomic E-state index is 12.3. The van der Waals surface area contributed by atoms with Crippen molar-refractivity contribution in [1.29, 1.82) is 0 Å². The Morgan fingerprint density at radius 2 is 2.20 bits per heavy atom. The molecule has 7 heteroatoms. The molecule has 0 aliphatic carbocycles. The van der Waals surface area contributed by atoms with Crippen LogP contribution in [0.5, 0.6) is 5.75 Å². The quantitative estimate of drug-likeness (QED) is 0.623. The number of fused-ring (bicyclic) bond motifs is 1. The molecule has 0 aliphatic heterocycles. The normalized spacial score (nSPS) is 10.8. The van der Waals surface area contributed by atoms with Crippen LogP contribution in [0.1, 0.15) is 16.1 Å². The predicted octanol–water partition coefficient (Wildman–Crippen LogP) is 2.56. The summed E-state index contributed by atoms with van der Waals surface area (Å²) in [7, 11) is 1.24. The van der Waals surface area contributed by atoms with Gasteiger partial charge in [-0.05, 0) is 17.7 Å². The molecular formula is C13H10F2O5. The van der Waals surface area contributed by atoms with Gasteiger partial charge in [0.25, 0.3) is 0 Å². The minimum Gasteiger partial charge on any atom is -0.469 e. The summed E-state index contributed by atoms with van der Waals surface area (Å²) in [6.45, 7) is -3.02. The highest BCUT2D eigenvalue weighted by Gasteiger charge is 2.17. The summed E-state index contributed by atoms with van der Waals surface area (Å²) in [5, 5.41) is 0.357. The van der Waals surface area contributed by atoms with Crippen LogP contribution in [-0.2, 0) is 16.0 Å². The Morgan fingerprint density at radius 1 is 1.45 bits per heavy atom. The molecule has 2 aromatic rings. The van der Waals surface area contributed by atoms with Crippen molar-refractivity contribution in [3.63, 3.8) is 0 Å². The highest BCUT2D eigenvalue weighted by atomic mass is 19.3. The van der Waals surface area contributed by atoms with E-state index in [2.05, 4.69) is 9.47 Å². The van der Waals surface area contributed by atoms with E-state index in [-0.39, 0.29) is 23.5 Å². The minimum atomic E-state index is -3.02. The van der Waals surface area contributed by atoms with E-state index in [0.29, 0.717) is 17.2 Å². The van der Waals surface area contributed by atoms with Crippen LogP contribution in [0.25, 0.3) is 11.0 Å². The largest absolute Gasteiger partial charge is 0.469 e. The van der Waals surface area contributed by atoms with E-state index in [9.17, 15) is 18.4 Å². The zero-order valence-electron chi connectivity index (χ0n) is 10.4. The number of carbonyl (C=O) groups is 2. The molecule has 0 N–H and O–H groups in total. The van der Waals surface area contributed by atoms with E-state index < -0.39 is 12.6 Å². The molecule has 0 atom stereocenters. The molecule has 0 bridgehead atoms. The van der Waals surface area contributed by atoms with Gasteiger partial charge in [-0.2, -0.15) is 8.78 Å². The van der Waals surface area contributed by atoms with Crippen LogP contribution in [0.15, 0.2) is 22.6 Å². The standard InChI is InChI=1S/C13H10F2O5/c1-18-11(17)4-7-2-3-10(20-13(14)15)12-9(7)5-8(6-16)19-12/h2-3,5-6,13H,4H2,1H3. The Kier molecular flexibility index (Phi) is 3.97. The number of alkyl halides is 2. The van der Waals surface area contributed by atoms with Crippen molar-refractivity contribution in [2.75, 3.05) is 7.11 Å². The van der Waals surface area contributed by atoms with Crippen molar-refractivity contribution in [3.05, 3.63) is 29.5 Å². The van der Waals surface area contributed by atoms with Crippen LogP contribution < -0.4 is 4.74 Å². The van der Waals surface area contributed by atoms with Crippen LogP contribution in [0, 0.1) is 0 Å². The number of esters is 1. The molecule has 1 aromatic heterocycles. The Bertz CT molecular complexity index is 647. The summed E-state index contributed by atoms with van der Waals surface area (Å²) in [6.07, 6.45) is 0.369. The highest BCUT2D eigenvalue weighted by Crippen LogP contribution is 2.32. The van der Waals surface area contributed by atoms with E-state index in [0.717, 1.165) is 0 Å². The van der Waals surface area contributed by atoms with Crippen molar-refractivity contribution in [2.45, 2.75) is 13.0 Å². The molecule has 1 heterocycles. The zero-order valence-corrected chi connectivity index (χ0v) is 10.4. The second-order valence-corrected chi connectivity index (χ2v) is 3.86. The van der Waals surface area contributed by atoms with E-state index in [1.165, 1.54) is 25.3 Å². The number of furan rings is 1. The lowest BCUT2D eigenvalue weighted by molar-refractivity contribution is -0.139. The number of ether oxygens (including phenoxy) is 2. The maximum atomic E-state index is 12.3. The summed E-state index contributed by atoms with van der Waals surface area (Å²) in [5.74, 6) is -0.740. The first-order valence-corrected chi connectivity index (χ1v) is 5.57. The first-order chi connectivity index (χ1) is 9.55. The molecule has 1 aromatic carbocycles. The number of aldehydes is 1. The van der Waals surface area contributed by atoms with Gasteiger partial charge in [-0.1, -0.05) is 6.07 Å². The van der Waals surface area contributed by atoms with Crippen molar-refractivity contribution < 1.29 is 32.3 Å². The maximum Gasteiger partial charge on any atom is 0.387 e. The number of benzene rings is 1. The Morgan fingerprint density at radius 3 is 2.80 bits per heavy atom. The molecule has 0 amide bonds. The predicted molar refractivity (Wildman–Crippen MR) is 64.0 cm³/mol. The first-order valence-electron chi connectivity index (χ1n) is 5.57. The molecule has 0 fully saturated rings. The average Bonchev–Trinajstić information content (AvgIpc) is 2.85. The van der Waals surface area contributed by atoms with Crippen LogP contribution in [0.4, 0.5) is 8.78 Å². The second kappa shape index (κ2) is 5.68. The number of halogens is 2. The molecule has 5 nitrogen and oxygen atoms in total. The van der Waals surface area contributed by atoms with Crippen molar-refractivity contribution in [1.82, 2.24) is 0 Å². The van der Waals surface area contributed by atoms with Gasteiger partial charge in [0.15, 0.2) is 23.4 Å². The summed E-state index contributed by atoms with van der Waals surface area (Å²) >= 11 is 0. The number of rotatable bonds is 5. The lowest BCUT2D eigenvalue weighted by Crippen LogP contribution is -2.06. The molecule has 0 aliphatic rings. The number of hydrogen-bond donors (Lipinski definition) is 0. The average molecular weight is 284 g/mol. The number of methoxy groups -OCH3 is 1. The SMILES string of the molecule is COC(=O)Cc1ccc(OC(F)F)c2oc(C=O)cc12. The summed E-state index contributed by atoms with van der Waals surface area (Å²) in [5.41, 5.74) is 0.485. The molecule has 106 valence electrons. The third-order valence-electron chi connectivity index (χ3n) is 2.65. The Labute approximate surface area is 112 Å². The summed E-state index contributed by atoms with van der Waals surface area (Å²) in [4.78, 5) is 22.0. The van der Waals surface area contributed by atoms with Gasteiger partial charge in [0.05, 0.1) is 13.5 Å². The van der Waals surface area contributed by atoms with Crippen molar-refractivity contribution in [3.8, 4) is 5.75 Å². The molecule has 0 saturated heterocycles. The summed E-state index contributed by atoms with van der Waals surface area (Å²) < 4.78 is 38.6. The monoisotopic (exact) mass is 284 g/mol. The molecule has 0 saturated carbocycles. The van der Waals surface area contributed by atoms with Gasteiger partial charge < -0.3 is 13.9 Å². The van der Waals surface area contributed by atoms with Crippen LogP contribution in [0.3, 0.4) is 0 Å². The number of carbonyl (C=O) groups excluding carboxylic acids is 2. The zero-order chi connectivity index (χ0) is 14.7. The fraction of sp³-hybridized carbons (Fsp3) is 0.231. The fourth-order valence-corrected chi connectivity index (χ4v) is 1.80. The van der Waals surface area contributed by atoms with Gasteiger partial charge in [-0.3, -0.25) is 9.59 Å². The van der Waals surface area contributed by atoms with E-state index in [4.69, 9.17) is 4.42 Å². The lowest BCUT2D eigenvalue weighted by Gasteiger charge is -2.07.